The monoisotopic (exact) mass is 867 g/mol. The normalized spacial score (nSPS) is 20.3. The van der Waals surface area contributed by atoms with E-state index < -0.39 is 21.9 Å². The quantitative estimate of drug-likeness (QED) is 0.146. The molecule has 0 spiro atoms. The highest BCUT2D eigenvalue weighted by Gasteiger charge is 2.39. The third-order valence-electron chi connectivity index (χ3n) is 12.2. The minimum atomic E-state index is -3.99. The van der Waals surface area contributed by atoms with E-state index in [1.807, 2.05) is 27.0 Å². The van der Waals surface area contributed by atoms with Gasteiger partial charge in [0, 0.05) is 62.3 Å². The van der Waals surface area contributed by atoms with Gasteiger partial charge in [0.25, 0.3) is 0 Å². The average molecular weight is 868 g/mol. The van der Waals surface area contributed by atoms with Crippen LogP contribution in [-0.4, -0.2) is 113 Å². The van der Waals surface area contributed by atoms with Gasteiger partial charge in [0.1, 0.15) is 17.8 Å². The Bertz CT molecular complexity index is 2790. The lowest BCUT2D eigenvalue weighted by molar-refractivity contribution is -0.120. The number of aromatic nitrogens is 8. The number of likely N-dealkylation sites (tertiary alicyclic amines) is 1. The predicted molar refractivity (Wildman–Crippen MR) is 229 cm³/mol. The molecule has 0 unspecified atom stereocenters. The van der Waals surface area contributed by atoms with Crippen LogP contribution in [0.4, 0.5) is 26.6 Å². The second kappa shape index (κ2) is 16.0. The Morgan fingerprint density at radius 2 is 1.90 bits per heavy atom. The first-order chi connectivity index (χ1) is 29.6. The lowest BCUT2D eigenvalue weighted by Gasteiger charge is -2.48. The molecule has 3 saturated heterocycles. The number of urea groups is 1. The zero-order chi connectivity index (χ0) is 43.5. The zero-order valence-corrected chi connectivity index (χ0v) is 36.1. The number of aromatic amines is 1. The number of nitrogens with one attached hydrogen (secondary N) is 3. The molecule has 20 heteroatoms. The molecule has 3 fully saturated rings. The molecule has 9 rings (SSSR count). The second-order valence-electron chi connectivity index (χ2n) is 17.3. The number of ether oxygens (including phenoxy) is 1. The number of nitrogens with zero attached hydrogens (tertiary/aromatic N) is 10. The smallest absolute Gasteiger partial charge is 0.329 e. The van der Waals surface area contributed by atoms with E-state index in [0.717, 1.165) is 49.3 Å². The van der Waals surface area contributed by atoms with Crippen LogP contribution in [0.3, 0.4) is 0 Å². The van der Waals surface area contributed by atoms with Gasteiger partial charge >= 0.3 is 6.03 Å². The van der Waals surface area contributed by atoms with E-state index in [4.69, 9.17) is 4.74 Å². The first kappa shape index (κ1) is 41.4. The number of carbonyl (C=O) groups excluding carboxylic acids is 2. The minimum Gasteiger partial charge on any atom is -0.485 e. The van der Waals surface area contributed by atoms with Gasteiger partial charge in [0.2, 0.25) is 27.5 Å². The maximum absolute atomic E-state index is 15.7. The molecule has 0 saturated carbocycles. The lowest BCUT2D eigenvalue weighted by atomic mass is 9.78. The van der Waals surface area contributed by atoms with Gasteiger partial charge in [-0.25, -0.2) is 22.6 Å². The third kappa shape index (κ3) is 7.85. The molecule has 3 aliphatic heterocycles. The Morgan fingerprint density at radius 3 is 2.65 bits per heavy atom. The van der Waals surface area contributed by atoms with Gasteiger partial charge in [-0.05, 0) is 108 Å². The Balaban J connectivity index is 0.849. The maximum atomic E-state index is 15.7. The summed E-state index contributed by atoms with van der Waals surface area (Å²) in [6.07, 6.45) is 8.29. The number of carbonyl (C=O) groups is 2. The van der Waals surface area contributed by atoms with Crippen LogP contribution in [0, 0.1) is 11.7 Å². The molecule has 18 nitrogen and oxygen atoms in total. The highest BCUT2D eigenvalue weighted by molar-refractivity contribution is 7.89. The fourth-order valence-electron chi connectivity index (χ4n) is 9.10. The number of amides is 3. The molecule has 6 aromatic rings. The van der Waals surface area contributed by atoms with Crippen LogP contribution in [0.1, 0.15) is 71.3 Å². The number of hydrogen-bond acceptors (Lipinski definition) is 12. The molecule has 0 bridgehead atoms. The van der Waals surface area contributed by atoms with Crippen molar-refractivity contribution in [3.05, 3.63) is 66.5 Å². The van der Waals surface area contributed by atoms with Crippen LogP contribution in [0.15, 0.2) is 60.0 Å². The lowest BCUT2D eigenvalue weighted by Crippen LogP contribution is -2.53. The Kier molecular flexibility index (Phi) is 10.7. The van der Waals surface area contributed by atoms with Crippen molar-refractivity contribution in [3.63, 3.8) is 0 Å². The summed E-state index contributed by atoms with van der Waals surface area (Å²) >= 11 is 0. The van der Waals surface area contributed by atoms with Gasteiger partial charge in [0.05, 0.1) is 28.4 Å². The Hall–Kier alpha value is -5.99. The molecule has 62 heavy (non-hydrogen) atoms. The Labute approximate surface area is 357 Å². The SMILES string of the molecule is CC(C)Oc1c(-c2cn[nH]c2)ncn2nc(Nc3ccc(S(=O)(=O)N4CCC[C@H](CN5CC[C@H](c6ccc7c(N8CCC(=O)NC8=O)nn(C)c7c6)CC5(C)C)C4)cc3F)nc12. The summed E-state index contributed by atoms with van der Waals surface area (Å²) in [5.41, 5.74) is 3.58. The molecule has 2 atom stereocenters. The number of anilines is 3. The first-order valence-electron chi connectivity index (χ1n) is 21.0. The number of piperidine rings is 2. The second-order valence-corrected chi connectivity index (χ2v) is 19.3. The van der Waals surface area contributed by atoms with Crippen LogP contribution in [0.5, 0.6) is 5.75 Å². The molecule has 3 aliphatic rings. The molecular formula is C42H50FN13O5S. The number of halogens is 1. The van der Waals surface area contributed by atoms with Crippen LogP contribution >= 0.6 is 0 Å². The minimum absolute atomic E-state index is 0.0200. The number of benzene rings is 2. The molecule has 3 amide bonds. The van der Waals surface area contributed by atoms with Crippen molar-refractivity contribution >= 4 is 56.0 Å². The van der Waals surface area contributed by atoms with E-state index in [1.54, 1.807) is 17.1 Å². The van der Waals surface area contributed by atoms with Crippen molar-refractivity contribution < 1.29 is 27.1 Å². The Morgan fingerprint density at radius 1 is 1.06 bits per heavy atom. The standard InChI is InChI=1S/C42H50FN13O5S/c1-25(2)61-37-36(29-20-45-46-21-29)44-24-56-39(37)49-40(51-56)47-33-11-9-30(18-32(33)43)62(59,60)54-14-6-7-26(23-54)22-53-15-12-28(19-42(53,3)4)27-8-10-31-34(17-27)52(5)50-38(31)55-16-13-35(57)48-41(55)58/h8-11,17-18,20-21,24-26,28H,6-7,12-16,19,22-23H2,1-5H3,(H,45,46)(H,47,51)(H,48,57,58)/t26-,28+/m1/s1. The largest absolute Gasteiger partial charge is 0.485 e. The number of sulfonamides is 1. The number of rotatable bonds is 11. The number of aryl methyl sites for hydroxylation is 1. The fourth-order valence-corrected chi connectivity index (χ4v) is 10.7. The van der Waals surface area contributed by atoms with Crippen molar-refractivity contribution in [2.45, 2.75) is 82.3 Å². The van der Waals surface area contributed by atoms with Crippen molar-refractivity contribution in [2.75, 3.05) is 42.9 Å². The molecule has 0 radical (unpaired) electrons. The summed E-state index contributed by atoms with van der Waals surface area (Å²) < 4.78 is 54.5. The van der Waals surface area contributed by atoms with Crippen molar-refractivity contribution in [1.29, 1.82) is 0 Å². The fraction of sp³-hybridized carbons (Fsp3) is 0.452. The van der Waals surface area contributed by atoms with Crippen molar-refractivity contribution in [1.82, 2.24) is 54.1 Å². The highest BCUT2D eigenvalue weighted by Crippen LogP contribution is 2.41. The molecule has 2 aromatic carbocycles. The van der Waals surface area contributed by atoms with Gasteiger partial charge < -0.3 is 10.1 Å². The zero-order valence-electron chi connectivity index (χ0n) is 35.3. The van der Waals surface area contributed by atoms with Gasteiger partial charge in [-0.2, -0.15) is 24.0 Å². The third-order valence-corrected chi connectivity index (χ3v) is 14.1. The summed E-state index contributed by atoms with van der Waals surface area (Å²) in [7, 11) is -2.12. The molecular weight excluding hydrogens is 818 g/mol. The van der Waals surface area contributed by atoms with Crippen LogP contribution in [0.25, 0.3) is 27.8 Å². The van der Waals surface area contributed by atoms with E-state index in [1.165, 1.54) is 37.7 Å². The van der Waals surface area contributed by atoms with Crippen molar-refractivity contribution in [2.24, 2.45) is 13.0 Å². The molecule has 4 aromatic heterocycles. The number of fused-ring (bicyclic) bond motifs is 2. The van der Waals surface area contributed by atoms with Crippen molar-refractivity contribution in [3.8, 4) is 17.0 Å². The number of imide groups is 1. The van der Waals surface area contributed by atoms with E-state index in [0.29, 0.717) is 53.9 Å². The van der Waals surface area contributed by atoms with E-state index in [2.05, 4.69) is 71.9 Å². The van der Waals surface area contributed by atoms with E-state index in [-0.39, 0.29) is 53.0 Å². The average Bonchev–Trinajstić information content (AvgIpc) is 3.99. The molecule has 0 aliphatic carbocycles. The summed E-state index contributed by atoms with van der Waals surface area (Å²) in [5, 5.41) is 22.0. The van der Waals surface area contributed by atoms with E-state index in [9.17, 15) is 18.0 Å². The highest BCUT2D eigenvalue weighted by atomic mass is 32.2. The molecule has 3 N–H and O–H groups in total. The summed E-state index contributed by atoms with van der Waals surface area (Å²) in [6.45, 7) is 10.9. The van der Waals surface area contributed by atoms with Gasteiger partial charge in [-0.1, -0.05) is 6.07 Å². The summed E-state index contributed by atoms with van der Waals surface area (Å²) in [5.74, 6) is 0.385. The van der Waals surface area contributed by atoms with Gasteiger partial charge in [-0.15, -0.1) is 5.10 Å². The topological polar surface area (TPSA) is 201 Å². The van der Waals surface area contributed by atoms with Crippen LogP contribution < -0.4 is 20.3 Å². The van der Waals surface area contributed by atoms with Crippen LogP contribution in [0.2, 0.25) is 0 Å². The summed E-state index contributed by atoms with van der Waals surface area (Å²) in [6, 6.07) is 9.71. The predicted octanol–water partition coefficient (Wildman–Crippen LogP) is 5.58. The van der Waals surface area contributed by atoms with Crippen LogP contribution in [-0.2, 0) is 21.9 Å². The first-order valence-corrected chi connectivity index (χ1v) is 22.4. The van der Waals surface area contributed by atoms with Gasteiger partial charge in [0.15, 0.2) is 11.6 Å². The molecule has 326 valence electrons. The molecule has 7 heterocycles. The number of H-pyrrole nitrogens is 1. The van der Waals surface area contributed by atoms with E-state index >= 15 is 4.39 Å². The maximum Gasteiger partial charge on any atom is 0.329 e. The number of hydrogen-bond donors (Lipinski definition) is 3. The van der Waals surface area contributed by atoms with Gasteiger partial charge in [-0.3, -0.25) is 29.7 Å². The summed E-state index contributed by atoms with van der Waals surface area (Å²) in [4.78, 5) is 37.3.